The van der Waals surface area contributed by atoms with Gasteiger partial charge >= 0.3 is 0 Å². The van der Waals surface area contributed by atoms with E-state index in [1.165, 1.54) is 5.56 Å². The van der Waals surface area contributed by atoms with Crippen LogP contribution >= 0.6 is 15.9 Å². The highest BCUT2D eigenvalue weighted by Crippen LogP contribution is 2.01. The second-order valence-corrected chi connectivity index (χ2v) is 4.14. The molecule has 0 N–H and O–H groups in total. The van der Waals surface area contributed by atoms with Crippen molar-refractivity contribution in [3.63, 3.8) is 0 Å². The van der Waals surface area contributed by atoms with Crippen molar-refractivity contribution in [2.24, 2.45) is 0 Å². The maximum absolute atomic E-state index is 11.0. The number of aryl methyl sites for hydroxylation is 1. The summed E-state index contributed by atoms with van der Waals surface area (Å²) in [6, 6.07) is 19.5. The summed E-state index contributed by atoms with van der Waals surface area (Å²) in [5.74, 6) is 0.126. The summed E-state index contributed by atoms with van der Waals surface area (Å²) in [4.78, 5) is 11.0. The molecule has 88 valence electrons. The Bertz CT molecular complexity index is 437. The van der Waals surface area contributed by atoms with E-state index in [9.17, 15) is 4.79 Å². The molecule has 0 amide bonds. The third kappa shape index (κ3) is 5.45. The number of hydrogen-bond acceptors (Lipinski definition) is 1. The summed E-state index contributed by atoms with van der Waals surface area (Å²) in [5, 5.41) is 0.400. The van der Waals surface area contributed by atoms with Gasteiger partial charge in [-0.25, -0.2) is 0 Å². The van der Waals surface area contributed by atoms with Crippen LogP contribution < -0.4 is 0 Å². The fourth-order valence-electron chi connectivity index (χ4n) is 1.24. The Labute approximate surface area is 111 Å². The van der Waals surface area contributed by atoms with E-state index in [0.717, 1.165) is 5.56 Å². The Morgan fingerprint density at radius 3 is 1.76 bits per heavy atom. The van der Waals surface area contributed by atoms with E-state index in [4.69, 9.17) is 0 Å². The number of halogens is 1. The van der Waals surface area contributed by atoms with Gasteiger partial charge in [-0.3, -0.25) is 4.79 Å². The van der Waals surface area contributed by atoms with Gasteiger partial charge in [0.1, 0.15) is 0 Å². The van der Waals surface area contributed by atoms with Gasteiger partial charge in [-0.1, -0.05) is 82.2 Å². The predicted octanol–water partition coefficient (Wildman–Crippen LogP) is 4.26. The molecule has 0 aromatic heterocycles. The van der Waals surface area contributed by atoms with E-state index >= 15 is 0 Å². The SMILES string of the molecule is Cc1ccccc1.O=C(CBr)c1ccccc1. The summed E-state index contributed by atoms with van der Waals surface area (Å²) < 4.78 is 0. The Morgan fingerprint density at radius 2 is 1.41 bits per heavy atom. The Morgan fingerprint density at radius 1 is 0.941 bits per heavy atom. The van der Waals surface area contributed by atoms with Crippen molar-refractivity contribution in [2.45, 2.75) is 6.92 Å². The van der Waals surface area contributed by atoms with Crippen molar-refractivity contribution in [1.29, 1.82) is 0 Å². The van der Waals surface area contributed by atoms with Crippen LogP contribution in [0.15, 0.2) is 60.7 Å². The van der Waals surface area contributed by atoms with E-state index in [2.05, 4.69) is 35.0 Å². The Hall–Kier alpha value is -1.41. The van der Waals surface area contributed by atoms with Gasteiger partial charge in [-0.15, -0.1) is 0 Å². The van der Waals surface area contributed by atoms with Crippen molar-refractivity contribution in [2.75, 3.05) is 5.33 Å². The molecule has 0 aliphatic rings. The van der Waals surface area contributed by atoms with Gasteiger partial charge in [0.2, 0.25) is 0 Å². The predicted molar refractivity (Wildman–Crippen MR) is 75.7 cm³/mol. The van der Waals surface area contributed by atoms with Crippen molar-refractivity contribution in [3.8, 4) is 0 Å². The van der Waals surface area contributed by atoms with Crippen LogP contribution in [0.4, 0.5) is 0 Å². The molecule has 0 saturated carbocycles. The first-order valence-electron chi connectivity index (χ1n) is 5.40. The topological polar surface area (TPSA) is 17.1 Å². The average molecular weight is 291 g/mol. The number of rotatable bonds is 2. The van der Waals surface area contributed by atoms with E-state index in [1.807, 2.05) is 48.5 Å². The highest BCUT2D eigenvalue weighted by molar-refractivity contribution is 9.09. The molecule has 2 aromatic carbocycles. The minimum Gasteiger partial charge on any atom is -0.293 e. The first-order valence-corrected chi connectivity index (χ1v) is 6.52. The maximum atomic E-state index is 11.0. The van der Waals surface area contributed by atoms with Gasteiger partial charge in [0.15, 0.2) is 5.78 Å². The second-order valence-electron chi connectivity index (χ2n) is 3.58. The molecule has 2 heteroatoms. The lowest BCUT2D eigenvalue weighted by Gasteiger charge is -1.92. The smallest absolute Gasteiger partial charge is 0.173 e. The zero-order valence-electron chi connectivity index (χ0n) is 9.77. The maximum Gasteiger partial charge on any atom is 0.173 e. The Kier molecular flexibility index (Phi) is 6.26. The number of carbonyl (C=O) groups excluding carboxylic acids is 1. The van der Waals surface area contributed by atoms with Crippen LogP contribution in [-0.4, -0.2) is 11.1 Å². The molecule has 17 heavy (non-hydrogen) atoms. The minimum atomic E-state index is 0.126. The molecule has 0 fully saturated rings. The van der Waals surface area contributed by atoms with Crippen LogP contribution in [-0.2, 0) is 0 Å². The standard InChI is InChI=1S/C8H7BrO.C7H8/c9-6-8(10)7-4-2-1-3-5-7;1-7-5-3-2-4-6-7/h1-5H,6H2;2-6H,1H3. The van der Waals surface area contributed by atoms with Gasteiger partial charge in [0.25, 0.3) is 0 Å². The third-order valence-corrected chi connectivity index (χ3v) is 2.67. The molecule has 0 heterocycles. The summed E-state index contributed by atoms with van der Waals surface area (Å²) in [6.45, 7) is 2.08. The first kappa shape index (κ1) is 13.7. The molecule has 0 aliphatic carbocycles. The van der Waals surface area contributed by atoms with Gasteiger partial charge in [-0.05, 0) is 6.92 Å². The number of Topliss-reactive ketones (excluding diaryl/α,β-unsaturated/α-hetero) is 1. The first-order chi connectivity index (χ1) is 8.24. The van der Waals surface area contributed by atoms with Crippen molar-refractivity contribution >= 4 is 21.7 Å². The number of ketones is 1. The highest BCUT2D eigenvalue weighted by atomic mass is 79.9. The van der Waals surface area contributed by atoms with Gasteiger partial charge in [-0.2, -0.15) is 0 Å². The lowest BCUT2D eigenvalue weighted by Crippen LogP contribution is -1.98. The van der Waals surface area contributed by atoms with Crippen LogP contribution in [0.1, 0.15) is 15.9 Å². The molecular weight excluding hydrogens is 276 g/mol. The number of hydrogen-bond donors (Lipinski definition) is 0. The summed E-state index contributed by atoms with van der Waals surface area (Å²) in [6.07, 6.45) is 0. The van der Waals surface area contributed by atoms with Gasteiger partial charge in [0, 0.05) is 5.56 Å². The molecule has 0 saturated heterocycles. The fraction of sp³-hybridized carbons (Fsp3) is 0.133. The molecular formula is C15H15BrO. The van der Waals surface area contributed by atoms with Gasteiger partial charge in [0.05, 0.1) is 5.33 Å². The molecule has 0 spiro atoms. The Balaban J connectivity index is 0.000000181. The minimum absolute atomic E-state index is 0.126. The molecule has 1 nitrogen and oxygen atoms in total. The van der Waals surface area contributed by atoms with E-state index in [1.54, 1.807) is 0 Å². The average Bonchev–Trinajstić information content (AvgIpc) is 2.40. The third-order valence-electron chi connectivity index (χ3n) is 2.16. The number of carbonyl (C=O) groups is 1. The summed E-state index contributed by atoms with van der Waals surface area (Å²) in [7, 11) is 0. The van der Waals surface area contributed by atoms with Crippen molar-refractivity contribution in [1.82, 2.24) is 0 Å². The lowest BCUT2D eigenvalue weighted by atomic mass is 10.2. The molecule has 2 rings (SSSR count). The highest BCUT2D eigenvalue weighted by Gasteiger charge is 1.99. The van der Waals surface area contributed by atoms with E-state index < -0.39 is 0 Å². The van der Waals surface area contributed by atoms with E-state index in [0.29, 0.717) is 5.33 Å². The molecule has 0 bridgehead atoms. The molecule has 0 unspecified atom stereocenters. The molecule has 2 aromatic rings. The quantitative estimate of drug-likeness (QED) is 0.597. The summed E-state index contributed by atoms with van der Waals surface area (Å²) >= 11 is 3.10. The van der Waals surface area contributed by atoms with Crippen molar-refractivity contribution in [3.05, 3.63) is 71.8 Å². The van der Waals surface area contributed by atoms with Crippen LogP contribution in [0.25, 0.3) is 0 Å². The number of alkyl halides is 1. The summed E-state index contributed by atoms with van der Waals surface area (Å²) in [5.41, 5.74) is 2.09. The normalized spacial score (nSPS) is 9.06. The molecule has 0 aliphatic heterocycles. The van der Waals surface area contributed by atoms with Gasteiger partial charge < -0.3 is 0 Å². The fourth-order valence-corrected chi connectivity index (χ4v) is 1.56. The van der Waals surface area contributed by atoms with E-state index in [-0.39, 0.29) is 5.78 Å². The monoisotopic (exact) mass is 290 g/mol. The van der Waals surface area contributed by atoms with Crippen LogP contribution in [0, 0.1) is 6.92 Å². The molecule has 0 atom stereocenters. The van der Waals surface area contributed by atoms with Crippen LogP contribution in [0.3, 0.4) is 0 Å². The van der Waals surface area contributed by atoms with Crippen molar-refractivity contribution < 1.29 is 4.79 Å². The largest absolute Gasteiger partial charge is 0.293 e. The van der Waals surface area contributed by atoms with Crippen LogP contribution in [0.5, 0.6) is 0 Å². The zero-order chi connectivity index (χ0) is 12.5. The second kappa shape index (κ2) is 7.80. The molecule has 0 radical (unpaired) electrons. The van der Waals surface area contributed by atoms with Crippen LogP contribution in [0.2, 0.25) is 0 Å². The number of benzene rings is 2. The lowest BCUT2D eigenvalue weighted by molar-refractivity contribution is 0.102. The zero-order valence-corrected chi connectivity index (χ0v) is 11.4.